The van der Waals surface area contributed by atoms with Gasteiger partial charge in [0.15, 0.2) is 0 Å². The molecule has 1 fully saturated rings. The Labute approximate surface area is 112 Å². The van der Waals surface area contributed by atoms with Crippen LogP contribution in [-0.4, -0.2) is 12.1 Å². The van der Waals surface area contributed by atoms with Crippen LogP contribution in [0.15, 0.2) is 30.3 Å². The van der Waals surface area contributed by atoms with Gasteiger partial charge in [-0.3, -0.25) is 0 Å². The predicted octanol–water partition coefficient (Wildman–Crippen LogP) is 4.03. The second-order valence-electron chi connectivity index (χ2n) is 6.91. The molecular weight excluding hydrogens is 218 g/mol. The number of hydrogen-bond donors (Lipinski definition) is 1. The zero-order valence-corrected chi connectivity index (χ0v) is 12.3. The maximum Gasteiger partial charge on any atom is 0.00966 e. The molecule has 2 unspecified atom stereocenters. The molecule has 18 heavy (non-hydrogen) atoms. The summed E-state index contributed by atoms with van der Waals surface area (Å²) in [6, 6.07) is 11.0. The molecule has 1 heteroatoms. The Morgan fingerprint density at radius 1 is 1.22 bits per heavy atom. The van der Waals surface area contributed by atoms with Crippen molar-refractivity contribution in [2.75, 3.05) is 6.54 Å². The molecule has 0 amide bonds. The third-order valence-corrected chi connectivity index (χ3v) is 4.34. The van der Waals surface area contributed by atoms with Crippen molar-refractivity contribution in [3.05, 3.63) is 35.9 Å². The smallest absolute Gasteiger partial charge is 0.00966 e. The standard InChI is InChI=1S/C17H27N/c1-5-17(11-14-9-7-6-8-10-14)12-15(17)13-18-16(2,3)4/h6-10,15,18H,5,11-13H2,1-4H3. The van der Waals surface area contributed by atoms with E-state index in [4.69, 9.17) is 0 Å². The van der Waals surface area contributed by atoms with Crippen LogP contribution in [0.5, 0.6) is 0 Å². The third-order valence-electron chi connectivity index (χ3n) is 4.34. The van der Waals surface area contributed by atoms with Crippen LogP contribution >= 0.6 is 0 Å². The normalized spacial score (nSPS) is 27.2. The van der Waals surface area contributed by atoms with Gasteiger partial charge in [-0.1, -0.05) is 37.3 Å². The van der Waals surface area contributed by atoms with Gasteiger partial charge in [-0.05, 0) is 63.5 Å². The maximum absolute atomic E-state index is 3.66. The number of hydrogen-bond acceptors (Lipinski definition) is 1. The molecule has 0 aliphatic heterocycles. The highest BCUT2D eigenvalue weighted by atomic mass is 15.0. The monoisotopic (exact) mass is 245 g/mol. The van der Waals surface area contributed by atoms with E-state index >= 15 is 0 Å². The van der Waals surface area contributed by atoms with Gasteiger partial charge in [0.05, 0.1) is 0 Å². The number of rotatable bonds is 5. The summed E-state index contributed by atoms with van der Waals surface area (Å²) in [5, 5.41) is 3.66. The van der Waals surface area contributed by atoms with Crippen LogP contribution in [0.4, 0.5) is 0 Å². The maximum atomic E-state index is 3.66. The lowest BCUT2D eigenvalue weighted by atomic mass is 9.91. The lowest BCUT2D eigenvalue weighted by Gasteiger charge is -2.22. The molecule has 1 saturated carbocycles. The Morgan fingerprint density at radius 2 is 1.89 bits per heavy atom. The van der Waals surface area contributed by atoms with E-state index in [0.29, 0.717) is 5.41 Å². The molecule has 1 aliphatic carbocycles. The van der Waals surface area contributed by atoms with Crippen molar-refractivity contribution < 1.29 is 0 Å². The van der Waals surface area contributed by atoms with Gasteiger partial charge in [0, 0.05) is 5.54 Å². The second-order valence-corrected chi connectivity index (χ2v) is 6.91. The van der Waals surface area contributed by atoms with Gasteiger partial charge in [0.2, 0.25) is 0 Å². The van der Waals surface area contributed by atoms with Crippen LogP contribution in [0.25, 0.3) is 0 Å². The summed E-state index contributed by atoms with van der Waals surface area (Å²) in [7, 11) is 0. The largest absolute Gasteiger partial charge is 0.312 e. The van der Waals surface area contributed by atoms with Crippen molar-refractivity contribution in [3.8, 4) is 0 Å². The first kappa shape index (κ1) is 13.6. The summed E-state index contributed by atoms with van der Waals surface area (Å²) < 4.78 is 0. The van der Waals surface area contributed by atoms with Gasteiger partial charge in [0.25, 0.3) is 0 Å². The molecule has 1 aromatic carbocycles. The highest BCUT2D eigenvalue weighted by Crippen LogP contribution is 2.57. The fourth-order valence-electron chi connectivity index (χ4n) is 2.93. The molecule has 1 aromatic rings. The van der Waals surface area contributed by atoms with E-state index in [1.807, 2.05) is 0 Å². The topological polar surface area (TPSA) is 12.0 Å². The van der Waals surface area contributed by atoms with E-state index in [1.54, 1.807) is 0 Å². The van der Waals surface area contributed by atoms with Crippen molar-refractivity contribution in [3.63, 3.8) is 0 Å². The first-order valence-electron chi connectivity index (χ1n) is 7.24. The molecule has 0 aromatic heterocycles. The number of nitrogens with one attached hydrogen (secondary N) is 1. The minimum atomic E-state index is 0.245. The lowest BCUT2D eigenvalue weighted by Crippen LogP contribution is -2.37. The minimum absolute atomic E-state index is 0.245. The van der Waals surface area contributed by atoms with E-state index in [2.05, 4.69) is 63.3 Å². The minimum Gasteiger partial charge on any atom is -0.312 e. The molecule has 1 nitrogen and oxygen atoms in total. The third kappa shape index (κ3) is 3.35. The van der Waals surface area contributed by atoms with Gasteiger partial charge in [-0.25, -0.2) is 0 Å². The first-order chi connectivity index (χ1) is 8.45. The van der Waals surface area contributed by atoms with Crippen molar-refractivity contribution in [1.29, 1.82) is 0 Å². The van der Waals surface area contributed by atoms with E-state index in [9.17, 15) is 0 Å². The first-order valence-corrected chi connectivity index (χ1v) is 7.24. The molecule has 100 valence electrons. The van der Waals surface area contributed by atoms with Gasteiger partial charge in [-0.15, -0.1) is 0 Å². The van der Waals surface area contributed by atoms with Crippen LogP contribution in [0.2, 0.25) is 0 Å². The molecule has 2 rings (SSSR count). The van der Waals surface area contributed by atoms with Gasteiger partial charge < -0.3 is 5.32 Å². The van der Waals surface area contributed by atoms with Gasteiger partial charge in [-0.2, -0.15) is 0 Å². The lowest BCUT2D eigenvalue weighted by molar-refractivity contribution is 0.369. The quantitative estimate of drug-likeness (QED) is 0.825. The Balaban J connectivity index is 1.91. The highest BCUT2D eigenvalue weighted by molar-refractivity contribution is 5.20. The fourth-order valence-corrected chi connectivity index (χ4v) is 2.93. The van der Waals surface area contributed by atoms with Crippen LogP contribution in [-0.2, 0) is 6.42 Å². The summed E-state index contributed by atoms with van der Waals surface area (Å²) in [6.07, 6.45) is 3.95. The van der Waals surface area contributed by atoms with E-state index < -0.39 is 0 Å². The molecule has 1 aliphatic rings. The molecular formula is C17H27N. The fraction of sp³-hybridized carbons (Fsp3) is 0.647. The zero-order chi connectivity index (χ0) is 13.2. The van der Waals surface area contributed by atoms with E-state index in [-0.39, 0.29) is 5.54 Å². The molecule has 1 N–H and O–H groups in total. The molecule has 0 bridgehead atoms. The van der Waals surface area contributed by atoms with Crippen molar-refractivity contribution in [2.45, 2.75) is 52.5 Å². The molecule has 2 atom stereocenters. The van der Waals surface area contributed by atoms with Crippen LogP contribution in [0.1, 0.15) is 46.1 Å². The number of benzene rings is 1. The molecule has 0 heterocycles. The molecule has 0 saturated heterocycles. The summed E-state index contributed by atoms with van der Waals surface area (Å²) in [5.41, 5.74) is 2.31. The average Bonchev–Trinajstić information content (AvgIpc) is 3.01. The SMILES string of the molecule is CCC1(Cc2ccccc2)CC1CNC(C)(C)C. The van der Waals surface area contributed by atoms with Crippen LogP contribution in [0, 0.1) is 11.3 Å². The Kier molecular flexibility index (Phi) is 3.82. The Hall–Kier alpha value is -0.820. The van der Waals surface area contributed by atoms with E-state index in [1.165, 1.54) is 31.4 Å². The van der Waals surface area contributed by atoms with Crippen molar-refractivity contribution >= 4 is 0 Å². The predicted molar refractivity (Wildman–Crippen MR) is 78.7 cm³/mol. The van der Waals surface area contributed by atoms with Crippen molar-refractivity contribution in [2.24, 2.45) is 11.3 Å². The second kappa shape index (κ2) is 5.05. The summed E-state index contributed by atoms with van der Waals surface area (Å²) in [5.74, 6) is 0.863. The van der Waals surface area contributed by atoms with Crippen molar-refractivity contribution in [1.82, 2.24) is 5.32 Å². The Morgan fingerprint density at radius 3 is 2.44 bits per heavy atom. The average molecular weight is 245 g/mol. The van der Waals surface area contributed by atoms with Gasteiger partial charge in [0.1, 0.15) is 0 Å². The van der Waals surface area contributed by atoms with Crippen LogP contribution in [0.3, 0.4) is 0 Å². The molecule has 0 radical (unpaired) electrons. The van der Waals surface area contributed by atoms with Gasteiger partial charge >= 0.3 is 0 Å². The summed E-state index contributed by atoms with van der Waals surface area (Å²) in [4.78, 5) is 0. The molecule has 0 spiro atoms. The van der Waals surface area contributed by atoms with Crippen LogP contribution < -0.4 is 5.32 Å². The Bertz CT molecular complexity index is 376. The summed E-state index contributed by atoms with van der Waals surface area (Å²) in [6.45, 7) is 10.3. The summed E-state index contributed by atoms with van der Waals surface area (Å²) >= 11 is 0. The van der Waals surface area contributed by atoms with E-state index in [0.717, 1.165) is 5.92 Å². The zero-order valence-electron chi connectivity index (χ0n) is 12.3. The highest BCUT2D eigenvalue weighted by Gasteiger charge is 2.51.